The first kappa shape index (κ1) is 13.6. The molecule has 1 aromatic carbocycles. The third-order valence-corrected chi connectivity index (χ3v) is 3.92. The summed E-state index contributed by atoms with van der Waals surface area (Å²) in [5, 5.41) is 4.06. The van der Waals surface area contributed by atoms with E-state index in [9.17, 15) is 4.79 Å². The van der Waals surface area contributed by atoms with Gasteiger partial charge in [0.2, 0.25) is 6.10 Å². The van der Waals surface area contributed by atoms with Crippen molar-refractivity contribution in [3.63, 3.8) is 0 Å². The van der Waals surface area contributed by atoms with E-state index in [1.54, 1.807) is 4.90 Å². The first-order valence-corrected chi connectivity index (χ1v) is 7.38. The van der Waals surface area contributed by atoms with Gasteiger partial charge in [-0.25, -0.2) is 0 Å². The maximum atomic E-state index is 12.3. The van der Waals surface area contributed by atoms with Crippen molar-refractivity contribution in [2.75, 3.05) is 26.3 Å². The lowest BCUT2D eigenvalue weighted by Crippen LogP contribution is -2.45. The number of benzene rings is 1. The van der Waals surface area contributed by atoms with Crippen LogP contribution in [-0.4, -0.2) is 48.9 Å². The first-order chi connectivity index (χ1) is 9.74. The molecule has 1 atom stereocenters. The van der Waals surface area contributed by atoms with E-state index < -0.39 is 6.10 Å². The second-order valence-corrected chi connectivity index (χ2v) is 5.70. The molecule has 0 aliphatic carbocycles. The van der Waals surface area contributed by atoms with E-state index in [2.05, 4.69) is 21.1 Å². The smallest absolute Gasteiger partial charge is 0.267 e. The normalized spacial score (nSPS) is 22.4. The van der Waals surface area contributed by atoms with Crippen molar-refractivity contribution in [3.8, 4) is 0 Å². The van der Waals surface area contributed by atoms with E-state index in [-0.39, 0.29) is 5.91 Å². The second-order valence-electron chi connectivity index (χ2n) is 4.78. The molecule has 1 aromatic rings. The molecule has 2 aliphatic rings. The van der Waals surface area contributed by atoms with Crippen LogP contribution in [0.15, 0.2) is 33.9 Å². The van der Waals surface area contributed by atoms with Gasteiger partial charge in [-0.15, -0.1) is 0 Å². The Labute approximate surface area is 125 Å². The zero-order valence-corrected chi connectivity index (χ0v) is 12.5. The molecule has 3 rings (SSSR count). The van der Waals surface area contributed by atoms with Crippen LogP contribution >= 0.6 is 15.9 Å². The summed E-state index contributed by atoms with van der Waals surface area (Å²) in [7, 11) is 0. The summed E-state index contributed by atoms with van der Waals surface area (Å²) in [6.07, 6.45) is 0.0224. The molecule has 0 aromatic heterocycles. The van der Waals surface area contributed by atoms with Crippen molar-refractivity contribution in [3.05, 3.63) is 34.3 Å². The minimum Gasteiger partial charge on any atom is -0.382 e. The lowest BCUT2D eigenvalue weighted by Gasteiger charge is -2.28. The van der Waals surface area contributed by atoms with Gasteiger partial charge in [-0.05, 0) is 12.1 Å². The summed E-state index contributed by atoms with van der Waals surface area (Å²) in [5.74, 6) is 0.00190. The molecule has 106 valence electrons. The number of rotatable bonds is 2. The van der Waals surface area contributed by atoms with E-state index in [0.717, 1.165) is 15.7 Å². The van der Waals surface area contributed by atoms with Crippen molar-refractivity contribution >= 4 is 27.5 Å². The van der Waals surface area contributed by atoms with Crippen LogP contribution in [0.25, 0.3) is 0 Å². The number of amides is 1. The average Bonchev–Trinajstić information content (AvgIpc) is 2.97. The lowest BCUT2D eigenvalue weighted by atomic mass is 10.0. The number of ether oxygens (including phenoxy) is 1. The van der Waals surface area contributed by atoms with Crippen LogP contribution in [-0.2, 0) is 14.4 Å². The summed E-state index contributed by atoms with van der Waals surface area (Å²) in [6.45, 7) is 2.45. The Kier molecular flexibility index (Phi) is 4.03. The molecular formula is C14H15BrN2O3. The van der Waals surface area contributed by atoms with Crippen molar-refractivity contribution in [2.24, 2.45) is 5.16 Å². The molecule has 1 unspecified atom stereocenters. The third kappa shape index (κ3) is 2.86. The number of carbonyl (C=O) groups excluding carboxylic acids is 1. The zero-order chi connectivity index (χ0) is 13.9. The highest BCUT2D eigenvalue weighted by Crippen LogP contribution is 2.21. The van der Waals surface area contributed by atoms with Crippen molar-refractivity contribution < 1.29 is 14.4 Å². The van der Waals surface area contributed by atoms with Crippen LogP contribution in [0.4, 0.5) is 0 Å². The summed E-state index contributed by atoms with van der Waals surface area (Å²) >= 11 is 3.43. The Morgan fingerprint density at radius 3 is 2.90 bits per heavy atom. The van der Waals surface area contributed by atoms with E-state index in [0.29, 0.717) is 32.7 Å². The van der Waals surface area contributed by atoms with Crippen LogP contribution in [0.2, 0.25) is 0 Å². The van der Waals surface area contributed by atoms with Gasteiger partial charge in [0.15, 0.2) is 0 Å². The third-order valence-electron chi connectivity index (χ3n) is 3.42. The average molecular weight is 339 g/mol. The predicted molar refractivity (Wildman–Crippen MR) is 77.6 cm³/mol. The highest BCUT2D eigenvalue weighted by molar-refractivity contribution is 9.10. The Bertz CT molecular complexity index is 541. The Morgan fingerprint density at radius 1 is 1.35 bits per heavy atom. The molecule has 5 nitrogen and oxygen atoms in total. The van der Waals surface area contributed by atoms with Gasteiger partial charge in [-0.2, -0.15) is 0 Å². The zero-order valence-electron chi connectivity index (χ0n) is 10.9. The molecule has 1 amide bonds. The minimum atomic E-state index is -0.498. The Morgan fingerprint density at radius 2 is 2.15 bits per heavy atom. The largest absolute Gasteiger partial charge is 0.382 e. The number of hydrogen-bond acceptors (Lipinski definition) is 4. The molecular weight excluding hydrogens is 324 g/mol. The molecule has 0 radical (unpaired) electrons. The molecule has 20 heavy (non-hydrogen) atoms. The van der Waals surface area contributed by atoms with Gasteiger partial charge in [0.25, 0.3) is 5.91 Å². The second kappa shape index (κ2) is 5.93. The van der Waals surface area contributed by atoms with E-state index >= 15 is 0 Å². The van der Waals surface area contributed by atoms with Gasteiger partial charge >= 0.3 is 0 Å². The predicted octanol–water partition coefficient (Wildman–Crippen LogP) is 1.80. The summed E-state index contributed by atoms with van der Waals surface area (Å²) < 4.78 is 6.23. The fourth-order valence-electron chi connectivity index (χ4n) is 2.34. The highest BCUT2D eigenvalue weighted by atomic mass is 79.9. The molecule has 0 N–H and O–H groups in total. The van der Waals surface area contributed by atoms with Gasteiger partial charge < -0.3 is 14.5 Å². The van der Waals surface area contributed by atoms with Crippen LogP contribution in [0.1, 0.15) is 12.0 Å². The van der Waals surface area contributed by atoms with Crippen molar-refractivity contribution in [1.82, 2.24) is 4.90 Å². The van der Waals surface area contributed by atoms with Crippen molar-refractivity contribution in [2.45, 2.75) is 12.5 Å². The number of oxime groups is 1. The fraction of sp³-hybridized carbons (Fsp3) is 0.429. The fourth-order valence-corrected chi connectivity index (χ4v) is 2.73. The molecule has 6 heteroatoms. The standard InChI is InChI=1S/C14H15BrN2O3/c15-11-3-1-2-10(8-11)12-9-13(20-16-12)14(18)17-4-6-19-7-5-17/h1-3,8,13H,4-7,9H2. The Hall–Kier alpha value is -1.40. The summed E-state index contributed by atoms with van der Waals surface area (Å²) in [4.78, 5) is 19.4. The van der Waals surface area contributed by atoms with Crippen LogP contribution in [0.5, 0.6) is 0 Å². The molecule has 0 bridgehead atoms. The maximum Gasteiger partial charge on any atom is 0.267 e. The van der Waals surface area contributed by atoms with E-state index in [1.807, 2.05) is 24.3 Å². The molecule has 1 saturated heterocycles. The van der Waals surface area contributed by atoms with Gasteiger partial charge in [0.05, 0.1) is 18.9 Å². The Balaban J connectivity index is 1.65. The van der Waals surface area contributed by atoms with Gasteiger partial charge in [-0.3, -0.25) is 4.79 Å². The summed E-state index contributed by atoms with van der Waals surface area (Å²) in [6, 6.07) is 7.84. The number of nitrogens with zero attached hydrogens (tertiary/aromatic N) is 2. The highest BCUT2D eigenvalue weighted by Gasteiger charge is 2.32. The van der Waals surface area contributed by atoms with E-state index in [4.69, 9.17) is 9.57 Å². The minimum absolute atomic E-state index is 0.00190. The first-order valence-electron chi connectivity index (χ1n) is 6.59. The van der Waals surface area contributed by atoms with Crippen LogP contribution in [0.3, 0.4) is 0 Å². The quantitative estimate of drug-likeness (QED) is 0.826. The molecule has 0 saturated carbocycles. The maximum absolute atomic E-state index is 12.3. The van der Waals surface area contributed by atoms with Crippen molar-refractivity contribution in [1.29, 1.82) is 0 Å². The van der Waals surface area contributed by atoms with Crippen LogP contribution in [0, 0.1) is 0 Å². The number of morpholine rings is 1. The number of hydrogen-bond donors (Lipinski definition) is 0. The number of halogens is 1. The molecule has 2 aliphatic heterocycles. The van der Waals surface area contributed by atoms with E-state index in [1.165, 1.54) is 0 Å². The van der Waals surface area contributed by atoms with Gasteiger partial charge in [0.1, 0.15) is 0 Å². The summed E-state index contributed by atoms with van der Waals surface area (Å²) in [5.41, 5.74) is 1.80. The topological polar surface area (TPSA) is 51.1 Å². The van der Waals surface area contributed by atoms with Gasteiger partial charge in [0, 0.05) is 29.5 Å². The molecule has 2 heterocycles. The monoisotopic (exact) mass is 338 g/mol. The lowest BCUT2D eigenvalue weighted by molar-refractivity contribution is -0.146. The molecule has 1 fully saturated rings. The number of carbonyl (C=O) groups is 1. The van der Waals surface area contributed by atoms with Gasteiger partial charge in [-0.1, -0.05) is 33.2 Å². The molecule has 0 spiro atoms. The van der Waals surface area contributed by atoms with Crippen LogP contribution < -0.4 is 0 Å². The SMILES string of the molecule is O=C(C1CC(c2cccc(Br)c2)=NO1)N1CCOCC1.